The van der Waals surface area contributed by atoms with Crippen molar-refractivity contribution >= 4 is 50.5 Å². The Kier molecular flexibility index (Phi) is 6.63. The second-order valence-corrected chi connectivity index (χ2v) is 10.3. The second kappa shape index (κ2) is 9.48. The van der Waals surface area contributed by atoms with Crippen LogP contribution in [0.25, 0.3) is 0 Å². The topological polar surface area (TPSA) is 95.6 Å². The Hall–Kier alpha value is -3.36. The molecule has 1 aliphatic rings. The third kappa shape index (κ3) is 4.93. The number of aryl methyl sites for hydroxylation is 2. The van der Waals surface area contributed by atoms with Crippen LogP contribution in [0.1, 0.15) is 17.5 Å². The van der Waals surface area contributed by atoms with Gasteiger partial charge in [-0.15, -0.1) is 0 Å². The number of nitrogens with zero attached hydrogens (tertiary/aromatic N) is 1. The monoisotopic (exact) mass is 497 g/mol. The van der Waals surface area contributed by atoms with E-state index in [1.165, 1.54) is 18.2 Å². The van der Waals surface area contributed by atoms with Crippen molar-refractivity contribution in [3.8, 4) is 0 Å². The molecule has 0 radical (unpaired) electrons. The molecule has 4 rings (SSSR count). The van der Waals surface area contributed by atoms with E-state index in [4.69, 9.17) is 11.6 Å². The molecule has 7 nitrogen and oxygen atoms in total. The first-order chi connectivity index (χ1) is 16.2. The summed E-state index contributed by atoms with van der Waals surface area (Å²) in [6.45, 7) is 4.42. The van der Waals surface area contributed by atoms with Crippen molar-refractivity contribution < 1.29 is 18.0 Å². The van der Waals surface area contributed by atoms with Crippen molar-refractivity contribution in [2.45, 2.75) is 25.2 Å². The molecule has 0 aromatic heterocycles. The first-order valence-electron chi connectivity index (χ1n) is 10.7. The van der Waals surface area contributed by atoms with Crippen molar-refractivity contribution in [3.63, 3.8) is 0 Å². The summed E-state index contributed by atoms with van der Waals surface area (Å²) in [4.78, 5) is 27.4. The highest BCUT2D eigenvalue weighted by atomic mass is 35.5. The Morgan fingerprint density at radius 2 is 1.76 bits per heavy atom. The number of benzene rings is 3. The van der Waals surface area contributed by atoms with Crippen LogP contribution in [0.4, 0.5) is 17.1 Å². The number of nitrogens with one attached hydrogen (secondary N) is 2. The van der Waals surface area contributed by atoms with Gasteiger partial charge in [-0.3, -0.25) is 14.3 Å². The van der Waals surface area contributed by atoms with Crippen LogP contribution in [0.2, 0.25) is 5.02 Å². The lowest BCUT2D eigenvalue weighted by molar-refractivity contribution is -0.129. The van der Waals surface area contributed by atoms with Crippen molar-refractivity contribution in [2.75, 3.05) is 21.5 Å². The lowest BCUT2D eigenvalue weighted by atomic mass is 10.1. The maximum Gasteiger partial charge on any atom is 0.262 e. The molecule has 3 aromatic rings. The zero-order valence-corrected chi connectivity index (χ0v) is 20.3. The number of para-hydroxylation sites is 1. The molecule has 34 heavy (non-hydrogen) atoms. The number of sulfonamides is 1. The molecule has 2 amide bonds. The van der Waals surface area contributed by atoms with Gasteiger partial charge in [-0.25, -0.2) is 8.42 Å². The molecule has 0 bridgehead atoms. The Morgan fingerprint density at radius 3 is 2.50 bits per heavy atom. The molecule has 9 heteroatoms. The van der Waals surface area contributed by atoms with Crippen molar-refractivity contribution in [1.29, 1.82) is 0 Å². The molecule has 1 aliphatic heterocycles. The summed E-state index contributed by atoms with van der Waals surface area (Å²) in [6, 6.07) is 18.1. The zero-order chi connectivity index (χ0) is 24.5. The fourth-order valence-electron chi connectivity index (χ4n) is 3.79. The minimum atomic E-state index is -3.94. The van der Waals surface area contributed by atoms with E-state index in [9.17, 15) is 18.0 Å². The third-order valence-corrected chi connectivity index (χ3v) is 7.55. The molecule has 0 aliphatic carbocycles. The van der Waals surface area contributed by atoms with Crippen LogP contribution in [0, 0.1) is 19.8 Å². The number of rotatable bonds is 6. The van der Waals surface area contributed by atoms with Gasteiger partial charge in [0.05, 0.1) is 15.6 Å². The van der Waals surface area contributed by atoms with Crippen molar-refractivity contribution in [2.24, 2.45) is 5.92 Å². The van der Waals surface area contributed by atoms with E-state index in [1.807, 2.05) is 32.0 Å². The number of hydrogen-bond acceptors (Lipinski definition) is 4. The average Bonchev–Trinajstić information content (AvgIpc) is 3.19. The van der Waals surface area contributed by atoms with Crippen LogP contribution in [0.3, 0.4) is 0 Å². The smallest absolute Gasteiger partial charge is 0.262 e. The fourth-order valence-corrected chi connectivity index (χ4v) is 5.16. The van der Waals surface area contributed by atoms with Gasteiger partial charge in [-0.1, -0.05) is 35.9 Å². The summed E-state index contributed by atoms with van der Waals surface area (Å²) >= 11 is 6.06. The van der Waals surface area contributed by atoms with Gasteiger partial charge in [-0.2, -0.15) is 0 Å². The summed E-state index contributed by atoms with van der Waals surface area (Å²) in [5.41, 5.74) is 3.50. The summed E-state index contributed by atoms with van der Waals surface area (Å²) in [5.74, 6) is -1.59. The minimum absolute atomic E-state index is 0.0419. The van der Waals surface area contributed by atoms with E-state index in [0.29, 0.717) is 13.0 Å². The van der Waals surface area contributed by atoms with Gasteiger partial charge in [0.1, 0.15) is 5.92 Å². The molecule has 0 saturated carbocycles. The lowest BCUT2D eigenvalue weighted by Gasteiger charge is -2.18. The Bertz CT molecular complexity index is 1370. The molecule has 3 aromatic carbocycles. The first-order valence-corrected chi connectivity index (χ1v) is 12.6. The normalized spacial score (nSPS) is 15.9. The summed E-state index contributed by atoms with van der Waals surface area (Å²) < 4.78 is 28.1. The highest BCUT2D eigenvalue weighted by Gasteiger charge is 2.37. The first kappa shape index (κ1) is 23.8. The Morgan fingerprint density at radius 1 is 1.00 bits per heavy atom. The summed E-state index contributed by atoms with van der Waals surface area (Å²) in [5, 5.41) is 2.96. The number of carbonyl (C=O) groups excluding carboxylic acids is 2. The van der Waals surface area contributed by atoms with Crippen LogP contribution in [0.5, 0.6) is 0 Å². The number of amides is 2. The Balaban J connectivity index is 1.48. The Labute approximate surface area is 203 Å². The molecule has 1 heterocycles. The predicted octanol–water partition coefficient (Wildman–Crippen LogP) is 4.75. The molecular weight excluding hydrogens is 474 g/mol. The van der Waals surface area contributed by atoms with Crippen LogP contribution in [-0.2, 0) is 19.6 Å². The van der Waals surface area contributed by atoms with Crippen LogP contribution < -0.4 is 14.9 Å². The summed E-state index contributed by atoms with van der Waals surface area (Å²) in [7, 11) is -3.94. The van der Waals surface area contributed by atoms with E-state index in [2.05, 4.69) is 10.0 Å². The standard InChI is InChI=1S/C25H24ClN3O4S/c1-16-10-11-19(14-17(16)2)29-13-12-21(25(29)31)24(30)27-18-6-5-7-20(15-18)34(32,33)28-23-9-4-3-8-22(23)26/h3-11,14-15,21,28H,12-13H2,1-2H3,(H,27,30). The second-order valence-electron chi connectivity index (χ2n) is 8.20. The molecule has 1 atom stereocenters. The quantitative estimate of drug-likeness (QED) is 0.480. The highest BCUT2D eigenvalue weighted by Crippen LogP contribution is 2.29. The van der Waals surface area contributed by atoms with Crippen LogP contribution in [0.15, 0.2) is 71.6 Å². The van der Waals surface area contributed by atoms with Gasteiger partial charge in [0.2, 0.25) is 11.8 Å². The molecule has 1 unspecified atom stereocenters. The van der Waals surface area contributed by atoms with Gasteiger partial charge in [0, 0.05) is 17.9 Å². The third-order valence-electron chi connectivity index (χ3n) is 5.85. The van der Waals surface area contributed by atoms with Gasteiger partial charge in [0.25, 0.3) is 10.0 Å². The van der Waals surface area contributed by atoms with Crippen LogP contribution >= 0.6 is 11.6 Å². The predicted molar refractivity (Wildman–Crippen MR) is 134 cm³/mol. The zero-order valence-electron chi connectivity index (χ0n) is 18.7. The number of anilines is 3. The minimum Gasteiger partial charge on any atom is -0.325 e. The maximum atomic E-state index is 12.9. The van der Waals surface area contributed by atoms with Crippen molar-refractivity contribution in [3.05, 3.63) is 82.9 Å². The SMILES string of the molecule is Cc1ccc(N2CCC(C(=O)Nc3cccc(S(=O)(=O)Nc4ccccc4Cl)c3)C2=O)cc1C. The number of halogens is 1. The van der Waals surface area contributed by atoms with Gasteiger partial charge < -0.3 is 10.2 Å². The lowest BCUT2D eigenvalue weighted by Crippen LogP contribution is -2.33. The average molecular weight is 498 g/mol. The maximum absolute atomic E-state index is 12.9. The van der Waals surface area contributed by atoms with E-state index >= 15 is 0 Å². The largest absolute Gasteiger partial charge is 0.325 e. The number of carbonyl (C=O) groups is 2. The van der Waals surface area contributed by atoms with Crippen molar-refractivity contribution in [1.82, 2.24) is 0 Å². The molecule has 0 spiro atoms. The van der Waals surface area contributed by atoms with Gasteiger partial charge in [0.15, 0.2) is 0 Å². The summed E-state index contributed by atoms with van der Waals surface area (Å²) in [6.07, 6.45) is 0.379. The molecule has 1 fully saturated rings. The van der Waals surface area contributed by atoms with Gasteiger partial charge >= 0.3 is 0 Å². The highest BCUT2D eigenvalue weighted by molar-refractivity contribution is 7.92. The van der Waals surface area contributed by atoms with Gasteiger partial charge in [-0.05, 0) is 73.9 Å². The molecule has 2 N–H and O–H groups in total. The van der Waals surface area contributed by atoms with E-state index in [-0.39, 0.29) is 27.2 Å². The molecule has 176 valence electrons. The van der Waals surface area contributed by atoms with E-state index in [1.54, 1.807) is 35.2 Å². The fraction of sp³-hybridized carbons (Fsp3) is 0.200. The van der Waals surface area contributed by atoms with E-state index < -0.39 is 21.8 Å². The van der Waals surface area contributed by atoms with E-state index in [0.717, 1.165) is 16.8 Å². The van der Waals surface area contributed by atoms with Crippen LogP contribution in [-0.4, -0.2) is 26.8 Å². The molecule has 1 saturated heterocycles. The molecular formula is C25H24ClN3O4S. The number of hydrogen-bond donors (Lipinski definition) is 2.